The first-order valence-electron chi connectivity index (χ1n) is 6.75. The Morgan fingerprint density at radius 2 is 1.96 bits per heavy atom. The fraction of sp³-hybridized carbons (Fsp3) is 0.0625. The van der Waals surface area contributed by atoms with Gasteiger partial charge in [-0.05, 0) is 29.8 Å². The number of anilines is 1. The number of hydrogen-bond donors (Lipinski definition) is 1. The van der Waals surface area contributed by atoms with E-state index in [1.807, 2.05) is 0 Å². The second-order valence-corrected chi connectivity index (χ2v) is 4.71. The van der Waals surface area contributed by atoms with E-state index in [1.54, 1.807) is 30.3 Å². The molecule has 2 aromatic rings. The van der Waals surface area contributed by atoms with Crippen LogP contribution in [0.1, 0.15) is 5.56 Å². The molecule has 1 amide bonds. The van der Waals surface area contributed by atoms with E-state index in [0.29, 0.717) is 11.5 Å². The summed E-state index contributed by atoms with van der Waals surface area (Å²) in [7, 11) is 0. The first-order valence-corrected chi connectivity index (χ1v) is 6.75. The average molecular weight is 312 g/mol. The van der Waals surface area contributed by atoms with Crippen LogP contribution in [0, 0.1) is 10.1 Å². The highest BCUT2D eigenvalue weighted by molar-refractivity contribution is 6.03. The van der Waals surface area contributed by atoms with Gasteiger partial charge in [0.05, 0.1) is 4.92 Å². The fourth-order valence-electron chi connectivity index (χ4n) is 2.10. The molecule has 0 unspecified atom stereocenters. The Kier molecular flexibility index (Phi) is 3.92. The zero-order chi connectivity index (χ0) is 16.2. The minimum Gasteiger partial charge on any atom is -0.454 e. The molecule has 7 heteroatoms. The third-order valence-electron chi connectivity index (χ3n) is 3.18. The van der Waals surface area contributed by atoms with Gasteiger partial charge < -0.3 is 14.8 Å². The highest BCUT2D eigenvalue weighted by Crippen LogP contribution is 2.32. The summed E-state index contributed by atoms with van der Waals surface area (Å²) in [5, 5.41) is 13.4. The van der Waals surface area contributed by atoms with Crippen molar-refractivity contribution in [1.29, 1.82) is 0 Å². The maximum absolute atomic E-state index is 11.9. The Bertz CT molecular complexity index is 801. The highest BCUT2D eigenvalue weighted by atomic mass is 16.7. The van der Waals surface area contributed by atoms with Crippen LogP contribution in [0.4, 0.5) is 11.4 Å². The molecule has 23 heavy (non-hydrogen) atoms. The summed E-state index contributed by atoms with van der Waals surface area (Å²) in [6.07, 6.45) is 2.89. The van der Waals surface area contributed by atoms with Crippen molar-refractivity contribution in [3.05, 3.63) is 64.2 Å². The van der Waals surface area contributed by atoms with Gasteiger partial charge in [-0.3, -0.25) is 14.9 Å². The Hall–Kier alpha value is -3.35. The summed E-state index contributed by atoms with van der Waals surface area (Å²) in [6.45, 7) is 0.181. The zero-order valence-electron chi connectivity index (χ0n) is 11.9. The predicted octanol–water partition coefficient (Wildman–Crippen LogP) is 2.98. The smallest absolute Gasteiger partial charge is 0.292 e. The quantitative estimate of drug-likeness (QED) is 0.532. The minimum absolute atomic E-state index is 0.151. The first kappa shape index (κ1) is 14.6. The molecular weight excluding hydrogens is 300 g/mol. The molecule has 1 aliphatic rings. The largest absolute Gasteiger partial charge is 0.454 e. The number of hydrogen-bond acceptors (Lipinski definition) is 5. The normalized spacial score (nSPS) is 12.3. The van der Waals surface area contributed by atoms with Crippen molar-refractivity contribution in [2.24, 2.45) is 0 Å². The molecule has 3 rings (SSSR count). The summed E-state index contributed by atoms with van der Waals surface area (Å²) in [5.74, 6) is 0.815. The summed E-state index contributed by atoms with van der Waals surface area (Å²) >= 11 is 0. The van der Waals surface area contributed by atoms with E-state index in [0.717, 1.165) is 5.56 Å². The van der Waals surface area contributed by atoms with Crippen molar-refractivity contribution in [3.63, 3.8) is 0 Å². The number of nitrogens with zero attached hydrogens (tertiary/aromatic N) is 1. The van der Waals surface area contributed by atoms with Gasteiger partial charge in [-0.15, -0.1) is 0 Å². The van der Waals surface area contributed by atoms with Crippen molar-refractivity contribution in [1.82, 2.24) is 0 Å². The van der Waals surface area contributed by atoms with Gasteiger partial charge in [0.15, 0.2) is 11.5 Å². The van der Waals surface area contributed by atoms with Crippen LogP contribution < -0.4 is 14.8 Å². The lowest BCUT2D eigenvalue weighted by Gasteiger charge is -2.03. The van der Waals surface area contributed by atoms with E-state index >= 15 is 0 Å². The summed E-state index contributed by atoms with van der Waals surface area (Å²) in [5.41, 5.74) is 0.752. The minimum atomic E-state index is -0.544. The molecule has 1 N–H and O–H groups in total. The number of carbonyl (C=O) groups excluding carboxylic acids is 1. The zero-order valence-corrected chi connectivity index (χ0v) is 11.9. The van der Waals surface area contributed by atoms with E-state index in [2.05, 4.69) is 5.32 Å². The monoisotopic (exact) mass is 312 g/mol. The van der Waals surface area contributed by atoms with E-state index in [4.69, 9.17) is 9.47 Å². The number of nitrogens with one attached hydrogen (secondary N) is 1. The van der Waals surface area contributed by atoms with Crippen molar-refractivity contribution >= 4 is 23.4 Å². The number of para-hydroxylation sites is 2. The number of rotatable bonds is 4. The Balaban J connectivity index is 1.71. The van der Waals surface area contributed by atoms with Gasteiger partial charge in [0.2, 0.25) is 12.7 Å². The van der Waals surface area contributed by atoms with Gasteiger partial charge in [0.25, 0.3) is 5.69 Å². The molecule has 0 aromatic heterocycles. The maximum Gasteiger partial charge on any atom is 0.292 e. The lowest BCUT2D eigenvalue weighted by Crippen LogP contribution is -2.09. The number of amides is 1. The number of benzene rings is 2. The number of carbonyl (C=O) groups is 1. The number of fused-ring (bicyclic) bond motifs is 1. The van der Waals surface area contributed by atoms with Crippen LogP contribution in [0.25, 0.3) is 6.08 Å². The molecular formula is C16H12N2O5. The van der Waals surface area contributed by atoms with Crippen molar-refractivity contribution in [2.75, 3.05) is 12.1 Å². The molecule has 0 saturated carbocycles. The summed E-state index contributed by atoms with van der Waals surface area (Å²) < 4.78 is 10.5. The molecule has 1 aliphatic heterocycles. The van der Waals surface area contributed by atoms with Gasteiger partial charge in [0, 0.05) is 12.1 Å². The first-order chi connectivity index (χ1) is 11.1. The van der Waals surface area contributed by atoms with E-state index < -0.39 is 10.8 Å². The molecule has 1 heterocycles. The van der Waals surface area contributed by atoms with E-state index in [-0.39, 0.29) is 18.2 Å². The second kappa shape index (κ2) is 6.18. The molecule has 0 radical (unpaired) electrons. The highest BCUT2D eigenvalue weighted by Gasteiger charge is 2.14. The third-order valence-corrected chi connectivity index (χ3v) is 3.18. The van der Waals surface area contributed by atoms with Crippen LogP contribution in [-0.2, 0) is 4.79 Å². The van der Waals surface area contributed by atoms with Gasteiger partial charge in [0.1, 0.15) is 5.69 Å². The van der Waals surface area contributed by atoms with Crippen molar-refractivity contribution in [2.45, 2.75) is 0 Å². The summed E-state index contributed by atoms with van der Waals surface area (Å²) in [6, 6.07) is 11.2. The lowest BCUT2D eigenvalue weighted by atomic mass is 10.2. The van der Waals surface area contributed by atoms with Crippen LogP contribution in [0.5, 0.6) is 11.5 Å². The Morgan fingerprint density at radius 3 is 2.78 bits per heavy atom. The molecule has 0 atom stereocenters. The molecule has 0 spiro atoms. The molecule has 0 saturated heterocycles. The summed E-state index contributed by atoms with van der Waals surface area (Å²) in [4.78, 5) is 22.3. The van der Waals surface area contributed by atoms with Crippen LogP contribution in [0.15, 0.2) is 48.5 Å². The third kappa shape index (κ3) is 3.29. The SMILES string of the molecule is O=C(C=Cc1ccc2c(c1)OCO2)Nc1ccccc1[N+](=O)[O-]. The average Bonchev–Trinajstić information content (AvgIpc) is 3.01. The van der Waals surface area contributed by atoms with E-state index in [1.165, 1.54) is 24.3 Å². The number of nitro groups is 1. The molecule has 0 aliphatic carbocycles. The topological polar surface area (TPSA) is 90.7 Å². The van der Waals surface area contributed by atoms with Gasteiger partial charge in [-0.1, -0.05) is 18.2 Å². The molecule has 0 bridgehead atoms. The van der Waals surface area contributed by atoms with Crippen LogP contribution in [-0.4, -0.2) is 17.6 Å². The number of nitro benzene ring substituents is 1. The van der Waals surface area contributed by atoms with Gasteiger partial charge in [-0.25, -0.2) is 0 Å². The van der Waals surface area contributed by atoms with E-state index in [9.17, 15) is 14.9 Å². The standard InChI is InChI=1S/C16H12N2O5/c19-16(17-12-3-1-2-4-13(12)18(20)21)8-6-11-5-7-14-15(9-11)23-10-22-14/h1-9H,10H2,(H,17,19). The predicted molar refractivity (Wildman–Crippen MR) is 83.3 cm³/mol. The van der Waals surface area contributed by atoms with Crippen molar-refractivity contribution in [3.8, 4) is 11.5 Å². The van der Waals surface area contributed by atoms with Gasteiger partial charge >= 0.3 is 0 Å². The molecule has 7 nitrogen and oxygen atoms in total. The fourth-order valence-corrected chi connectivity index (χ4v) is 2.10. The van der Waals surface area contributed by atoms with Crippen LogP contribution in [0.3, 0.4) is 0 Å². The van der Waals surface area contributed by atoms with Gasteiger partial charge in [-0.2, -0.15) is 0 Å². The maximum atomic E-state index is 11.9. The molecule has 2 aromatic carbocycles. The van der Waals surface area contributed by atoms with Crippen LogP contribution >= 0.6 is 0 Å². The molecule has 116 valence electrons. The Morgan fingerprint density at radius 1 is 1.17 bits per heavy atom. The van der Waals surface area contributed by atoms with Crippen LogP contribution in [0.2, 0.25) is 0 Å². The van der Waals surface area contributed by atoms with Crippen molar-refractivity contribution < 1.29 is 19.2 Å². The number of ether oxygens (including phenoxy) is 2. The second-order valence-electron chi connectivity index (χ2n) is 4.71. The lowest BCUT2D eigenvalue weighted by molar-refractivity contribution is -0.383. The molecule has 0 fully saturated rings. The Labute approximate surface area is 131 Å².